The van der Waals surface area contributed by atoms with Crippen LogP contribution >= 0.6 is 0 Å². The van der Waals surface area contributed by atoms with E-state index in [-0.39, 0.29) is 0 Å². The van der Waals surface area contributed by atoms with Gasteiger partial charge in [0.2, 0.25) is 0 Å². The number of nitrogens with one attached hydrogen (secondary N) is 1. The van der Waals surface area contributed by atoms with E-state index in [0.29, 0.717) is 6.04 Å². The van der Waals surface area contributed by atoms with Crippen molar-refractivity contribution in [3.63, 3.8) is 0 Å². The second kappa shape index (κ2) is 5.15. The number of rotatable bonds is 4. The van der Waals surface area contributed by atoms with E-state index in [2.05, 4.69) is 53.2 Å². The summed E-state index contributed by atoms with van der Waals surface area (Å²) in [5.41, 5.74) is 3.76. The fourth-order valence-corrected chi connectivity index (χ4v) is 1.90. The maximum atomic E-state index is 4.21. The smallest absolute Gasteiger partial charge is 0.0485 e. The maximum Gasteiger partial charge on any atom is 0.0485 e. The van der Waals surface area contributed by atoms with E-state index in [1.165, 1.54) is 16.7 Å². The van der Waals surface area contributed by atoms with Gasteiger partial charge in [0.15, 0.2) is 0 Å². The lowest BCUT2D eigenvalue weighted by Crippen LogP contribution is -2.11. The predicted molar refractivity (Wildman–Crippen MR) is 70.0 cm³/mol. The Bertz CT molecular complexity index is 488. The SMILES string of the molecule is CNC(C)c1ccn(Cc2cncc(C)c2)c1. The van der Waals surface area contributed by atoms with E-state index in [0.717, 1.165) is 6.54 Å². The fraction of sp³-hybridized carbons (Fsp3) is 0.357. The van der Waals surface area contributed by atoms with Crippen LogP contribution in [-0.2, 0) is 6.54 Å². The van der Waals surface area contributed by atoms with Gasteiger partial charge in [-0.25, -0.2) is 0 Å². The summed E-state index contributed by atoms with van der Waals surface area (Å²) in [5.74, 6) is 0. The third-order valence-electron chi connectivity index (χ3n) is 3.00. The van der Waals surface area contributed by atoms with Crippen LogP contribution in [0, 0.1) is 6.92 Å². The molecule has 0 aliphatic carbocycles. The molecule has 2 aromatic heterocycles. The molecule has 0 aliphatic rings. The van der Waals surface area contributed by atoms with E-state index in [9.17, 15) is 0 Å². The van der Waals surface area contributed by atoms with Crippen molar-refractivity contribution in [3.8, 4) is 0 Å². The molecule has 90 valence electrons. The molecule has 0 spiro atoms. The van der Waals surface area contributed by atoms with Crippen LogP contribution in [0.3, 0.4) is 0 Å². The van der Waals surface area contributed by atoms with Crippen molar-refractivity contribution in [3.05, 3.63) is 53.6 Å². The van der Waals surface area contributed by atoms with Gasteiger partial charge >= 0.3 is 0 Å². The Morgan fingerprint density at radius 1 is 1.41 bits per heavy atom. The first-order chi connectivity index (χ1) is 8.19. The summed E-state index contributed by atoms with van der Waals surface area (Å²) in [6, 6.07) is 4.73. The van der Waals surface area contributed by atoms with Crippen molar-refractivity contribution in [1.82, 2.24) is 14.9 Å². The molecule has 0 amide bonds. The van der Waals surface area contributed by atoms with Crippen molar-refractivity contribution < 1.29 is 0 Å². The summed E-state index contributed by atoms with van der Waals surface area (Å²) in [5, 5.41) is 3.24. The highest BCUT2D eigenvalue weighted by atomic mass is 14.9. The molecular weight excluding hydrogens is 210 g/mol. The fourth-order valence-electron chi connectivity index (χ4n) is 1.90. The number of pyridine rings is 1. The van der Waals surface area contributed by atoms with Crippen LogP contribution in [0.25, 0.3) is 0 Å². The standard InChI is InChI=1S/C14H19N3/c1-11-6-13(8-16-7-11)9-17-5-4-14(10-17)12(2)15-3/h4-8,10,12,15H,9H2,1-3H3. The van der Waals surface area contributed by atoms with Gasteiger partial charge in [-0.1, -0.05) is 6.07 Å². The average molecular weight is 229 g/mol. The molecule has 2 rings (SSSR count). The minimum atomic E-state index is 0.395. The highest BCUT2D eigenvalue weighted by molar-refractivity contribution is 5.19. The van der Waals surface area contributed by atoms with Gasteiger partial charge in [-0.15, -0.1) is 0 Å². The highest BCUT2D eigenvalue weighted by Gasteiger charge is 2.04. The van der Waals surface area contributed by atoms with Crippen molar-refractivity contribution in [2.75, 3.05) is 7.05 Å². The van der Waals surface area contributed by atoms with Crippen molar-refractivity contribution in [2.24, 2.45) is 0 Å². The molecule has 3 nitrogen and oxygen atoms in total. The molecule has 0 bridgehead atoms. The van der Waals surface area contributed by atoms with Crippen LogP contribution in [0.1, 0.15) is 29.7 Å². The van der Waals surface area contributed by atoms with Gasteiger partial charge in [0.1, 0.15) is 0 Å². The minimum absolute atomic E-state index is 0.395. The molecule has 2 aromatic rings. The largest absolute Gasteiger partial charge is 0.350 e. The predicted octanol–water partition coefficient (Wildman–Crippen LogP) is 2.52. The van der Waals surface area contributed by atoms with E-state index in [1.54, 1.807) is 0 Å². The lowest BCUT2D eigenvalue weighted by Gasteiger charge is -2.07. The first-order valence-electron chi connectivity index (χ1n) is 5.92. The molecule has 17 heavy (non-hydrogen) atoms. The van der Waals surface area contributed by atoms with Gasteiger partial charge in [0.25, 0.3) is 0 Å². The zero-order valence-corrected chi connectivity index (χ0v) is 10.6. The van der Waals surface area contributed by atoms with E-state index >= 15 is 0 Å². The Morgan fingerprint density at radius 3 is 2.94 bits per heavy atom. The normalized spacial score (nSPS) is 12.6. The molecule has 2 heterocycles. The van der Waals surface area contributed by atoms with Crippen LogP contribution in [0.15, 0.2) is 36.9 Å². The maximum absolute atomic E-state index is 4.21. The summed E-state index contributed by atoms with van der Waals surface area (Å²) in [4.78, 5) is 4.21. The van der Waals surface area contributed by atoms with Crippen LogP contribution in [-0.4, -0.2) is 16.6 Å². The lowest BCUT2D eigenvalue weighted by molar-refractivity contribution is 0.649. The van der Waals surface area contributed by atoms with Crippen molar-refractivity contribution in [2.45, 2.75) is 26.4 Å². The Balaban J connectivity index is 2.11. The Morgan fingerprint density at radius 2 is 2.24 bits per heavy atom. The second-order valence-electron chi connectivity index (χ2n) is 4.50. The summed E-state index contributed by atoms with van der Waals surface area (Å²) in [7, 11) is 1.98. The Kier molecular flexibility index (Phi) is 3.59. The minimum Gasteiger partial charge on any atom is -0.350 e. The Hall–Kier alpha value is -1.61. The van der Waals surface area contributed by atoms with Gasteiger partial charge in [0, 0.05) is 37.4 Å². The van der Waals surface area contributed by atoms with E-state index < -0.39 is 0 Å². The first-order valence-corrected chi connectivity index (χ1v) is 5.92. The summed E-state index contributed by atoms with van der Waals surface area (Å²) in [6.45, 7) is 5.11. The van der Waals surface area contributed by atoms with Gasteiger partial charge < -0.3 is 9.88 Å². The molecule has 1 N–H and O–H groups in total. The molecule has 1 unspecified atom stereocenters. The molecule has 1 atom stereocenters. The van der Waals surface area contributed by atoms with Gasteiger partial charge in [-0.3, -0.25) is 4.98 Å². The van der Waals surface area contributed by atoms with Crippen LogP contribution in [0.5, 0.6) is 0 Å². The summed E-state index contributed by atoms with van der Waals surface area (Å²) < 4.78 is 2.19. The third kappa shape index (κ3) is 2.94. The zero-order valence-electron chi connectivity index (χ0n) is 10.6. The van der Waals surface area contributed by atoms with Gasteiger partial charge in [-0.2, -0.15) is 0 Å². The zero-order chi connectivity index (χ0) is 12.3. The van der Waals surface area contributed by atoms with Crippen LogP contribution in [0.4, 0.5) is 0 Å². The number of aromatic nitrogens is 2. The highest BCUT2D eigenvalue weighted by Crippen LogP contribution is 2.13. The Labute approximate surface area is 103 Å². The summed E-state index contributed by atoms with van der Waals surface area (Å²) >= 11 is 0. The molecule has 0 saturated carbocycles. The average Bonchev–Trinajstić information content (AvgIpc) is 2.76. The van der Waals surface area contributed by atoms with E-state index in [1.807, 2.05) is 19.4 Å². The molecule has 0 saturated heterocycles. The second-order valence-corrected chi connectivity index (χ2v) is 4.50. The third-order valence-corrected chi connectivity index (χ3v) is 3.00. The lowest BCUT2D eigenvalue weighted by atomic mass is 10.2. The summed E-state index contributed by atoms with van der Waals surface area (Å²) in [6.07, 6.45) is 8.11. The first kappa shape index (κ1) is 11.9. The van der Waals surface area contributed by atoms with E-state index in [4.69, 9.17) is 0 Å². The molecule has 0 aliphatic heterocycles. The number of hydrogen-bond donors (Lipinski definition) is 1. The van der Waals surface area contributed by atoms with Crippen molar-refractivity contribution in [1.29, 1.82) is 0 Å². The monoisotopic (exact) mass is 229 g/mol. The van der Waals surface area contributed by atoms with Gasteiger partial charge in [-0.05, 0) is 43.7 Å². The van der Waals surface area contributed by atoms with Gasteiger partial charge in [0.05, 0.1) is 0 Å². The topological polar surface area (TPSA) is 29.9 Å². The van der Waals surface area contributed by atoms with Crippen molar-refractivity contribution >= 4 is 0 Å². The van der Waals surface area contributed by atoms with Crippen LogP contribution < -0.4 is 5.32 Å². The number of hydrogen-bond acceptors (Lipinski definition) is 2. The van der Waals surface area contributed by atoms with Crippen LogP contribution in [0.2, 0.25) is 0 Å². The number of aryl methyl sites for hydroxylation is 1. The molecule has 0 radical (unpaired) electrons. The quantitative estimate of drug-likeness (QED) is 0.873. The molecule has 3 heteroatoms. The molecular formula is C14H19N3. The molecule has 0 aromatic carbocycles. The molecule has 0 fully saturated rings. The number of nitrogens with zero attached hydrogens (tertiary/aromatic N) is 2.